The highest BCUT2D eigenvalue weighted by molar-refractivity contribution is 5.98. The number of carboxylic acids is 1. The van der Waals surface area contributed by atoms with Crippen molar-refractivity contribution in [2.75, 3.05) is 20.3 Å². The molecule has 1 N–H and O–H groups in total. The van der Waals surface area contributed by atoms with Gasteiger partial charge in [0.25, 0.3) is 5.91 Å². The van der Waals surface area contributed by atoms with Gasteiger partial charge >= 0.3 is 5.97 Å². The van der Waals surface area contributed by atoms with E-state index in [0.29, 0.717) is 24.9 Å². The van der Waals surface area contributed by atoms with Crippen LogP contribution in [0.2, 0.25) is 0 Å². The van der Waals surface area contributed by atoms with Gasteiger partial charge in [0, 0.05) is 31.6 Å². The van der Waals surface area contributed by atoms with Gasteiger partial charge in [-0.3, -0.25) is 9.78 Å². The molecule has 1 aromatic heterocycles. The molecular weight excluding hydrogens is 248 g/mol. The van der Waals surface area contributed by atoms with E-state index in [1.54, 1.807) is 12.1 Å². The zero-order valence-electron chi connectivity index (χ0n) is 10.7. The summed E-state index contributed by atoms with van der Waals surface area (Å²) in [7, 11) is 1.44. The number of amides is 1. The maximum atomic E-state index is 12.4. The fourth-order valence-electron chi connectivity index (χ4n) is 2.50. The lowest BCUT2D eigenvalue weighted by molar-refractivity contribution is -0.151. The lowest BCUT2D eigenvalue weighted by atomic mass is 9.96. The number of nitrogens with zero attached hydrogens (tertiary/aromatic N) is 2. The third-order valence-electron chi connectivity index (χ3n) is 3.44. The topological polar surface area (TPSA) is 79.7 Å². The van der Waals surface area contributed by atoms with Gasteiger partial charge < -0.3 is 14.7 Å². The van der Waals surface area contributed by atoms with E-state index in [4.69, 9.17) is 4.74 Å². The summed E-state index contributed by atoms with van der Waals surface area (Å²) in [5, 5.41) is 9.47. The predicted molar refractivity (Wildman–Crippen MR) is 66.8 cm³/mol. The number of carboxylic acid groups (broad SMARTS) is 1. The van der Waals surface area contributed by atoms with E-state index < -0.39 is 11.5 Å². The van der Waals surface area contributed by atoms with Crippen LogP contribution in [0, 0.1) is 0 Å². The van der Waals surface area contributed by atoms with Crippen LogP contribution in [0.25, 0.3) is 0 Å². The number of carbonyl (C=O) groups is 2. The lowest BCUT2D eigenvalue weighted by Gasteiger charge is -2.34. The van der Waals surface area contributed by atoms with Gasteiger partial charge in [0.15, 0.2) is 5.54 Å². The summed E-state index contributed by atoms with van der Waals surface area (Å²) in [6.45, 7) is 0.427. The molecule has 1 fully saturated rings. The number of carbonyl (C=O) groups excluding carboxylic acids is 1. The SMILES string of the molecule is COCC1(C(=O)O)CCCN1C(=O)c1ccncc1. The van der Waals surface area contributed by atoms with Crippen LogP contribution in [-0.2, 0) is 9.53 Å². The van der Waals surface area contributed by atoms with E-state index in [1.807, 2.05) is 0 Å². The Labute approximate surface area is 111 Å². The Kier molecular flexibility index (Phi) is 3.80. The quantitative estimate of drug-likeness (QED) is 0.869. The summed E-state index contributed by atoms with van der Waals surface area (Å²) in [6.07, 6.45) is 4.10. The normalized spacial score (nSPS) is 22.5. The fourth-order valence-corrected chi connectivity index (χ4v) is 2.50. The first-order chi connectivity index (χ1) is 9.12. The number of ether oxygens (including phenoxy) is 1. The highest BCUT2D eigenvalue weighted by Gasteiger charge is 2.50. The molecule has 1 amide bonds. The molecule has 1 saturated heterocycles. The molecule has 2 rings (SSSR count). The smallest absolute Gasteiger partial charge is 0.332 e. The van der Waals surface area contributed by atoms with Crippen molar-refractivity contribution < 1.29 is 19.4 Å². The van der Waals surface area contributed by atoms with Crippen LogP contribution in [0.5, 0.6) is 0 Å². The number of hydrogen-bond acceptors (Lipinski definition) is 4. The van der Waals surface area contributed by atoms with Crippen molar-refractivity contribution in [3.63, 3.8) is 0 Å². The number of pyridine rings is 1. The largest absolute Gasteiger partial charge is 0.479 e. The first-order valence-electron chi connectivity index (χ1n) is 6.06. The van der Waals surface area contributed by atoms with E-state index in [9.17, 15) is 14.7 Å². The molecule has 0 aromatic carbocycles. The Bertz CT molecular complexity index is 477. The molecule has 102 valence electrons. The second kappa shape index (κ2) is 5.36. The van der Waals surface area contributed by atoms with Crippen LogP contribution in [0.3, 0.4) is 0 Å². The van der Waals surface area contributed by atoms with E-state index in [1.165, 1.54) is 24.4 Å². The Morgan fingerprint density at radius 3 is 2.74 bits per heavy atom. The summed E-state index contributed by atoms with van der Waals surface area (Å²) in [6, 6.07) is 3.17. The van der Waals surface area contributed by atoms with Crippen molar-refractivity contribution in [3.05, 3.63) is 30.1 Å². The van der Waals surface area contributed by atoms with Crippen molar-refractivity contribution in [2.24, 2.45) is 0 Å². The number of rotatable bonds is 4. The predicted octanol–water partition coefficient (Wildman–Crippen LogP) is 0.787. The summed E-state index contributed by atoms with van der Waals surface area (Å²) in [4.78, 5) is 29.2. The monoisotopic (exact) mass is 264 g/mol. The maximum absolute atomic E-state index is 12.4. The van der Waals surface area contributed by atoms with Gasteiger partial charge in [-0.05, 0) is 25.0 Å². The van der Waals surface area contributed by atoms with E-state index in [2.05, 4.69) is 4.98 Å². The first kappa shape index (κ1) is 13.5. The molecule has 1 unspecified atom stereocenters. The Morgan fingerprint density at radius 2 is 2.16 bits per heavy atom. The minimum absolute atomic E-state index is 0.000836. The van der Waals surface area contributed by atoms with E-state index >= 15 is 0 Å². The molecule has 19 heavy (non-hydrogen) atoms. The highest BCUT2D eigenvalue weighted by Crippen LogP contribution is 2.31. The van der Waals surface area contributed by atoms with Crippen molar-refractivity contribution in [3.8, 4) is 0 Å². The molecule has 1 aromatic rings. The number of aliphatic carboxylic acids is 1. The van der Waals surface area contributed by atoms with Crippen molar-refractivity contribution >= 4 is 11.9 Å². The van der Waals surface area contributed by atoms with Crippen LogP contribution in [0.4, 0.5) is 0 Å². The maximum Gasteiger partial charge on any atom is 0.332 e. The van der Waals surface area contributed by atoms with Crippen LogP contribution >= 0.6 is 0 Å². The molecule has 0 saturated carbocycles. The Balaban J connectivity index is 2.32. The second-order valence-electron chi connectivity index (χ2n) is 4.57. The van der Waals surface area contributed by atoms with E-state index in [0.717, 1.165) is 0 Å². The molecule has 6 heteroatoms. The van der Waals surface area contributed by atoms with Crippen LogP contribution in [-0.4, -0.2) is 52.7 Å². The molecule has 0 aliphatic carbocycles. The number of aromatic nitrogens is 1. The second-order valence-corrected chi connectivity index (χ2v) is 4.57. The summed E-state index contributed by atoms with van der Waals surface area (Å²) in [5.74, 6) is -1.31. The zero-order chi connectivity index (χ0) is 13.9. The van der Waals surface area contributed by atoms with Crippen molar-refractivity contribution in [1.29, 1.82) is 0 Å². The highest BCUT2D eigenvalue weighted by atomic mass is 16.5. The molecule has 0 bridgehead atoms. The van der Waals surface area contributed by atoms with Gasteiger partial charge in [0.1, 0.15) is 0 Å². The summed E-state index contributed by atoms with van der Waals surface area (Å²) < 4.78 is 5.02. The molecule has 1 atom stereocenters. The minimum atomic E-state index is -1.25. The molecule has 0 spiro atoms. The molecule has 0 radical (unpaired) electrons. The Morgan fingerprint density at radius 1 is 1.47 bits per heavy atom. The molecular formula is C13H16N2O4. The minimum Gasteiger partial charge on any atom is -0.479 e. The van der Waals surface area contributed by atoms with Gasteiger partial charge in [0.2, 0.25) is 0 Å². The fraction of sp³-hybridized carbons (Fsp3) is 0.462. The number of hydrogen-bond donors (Lipinski definition) is 1. The average molecular weight is 264 g/mol. The average Bonchev–Trinajstić information content (AvgIpc) is 2.84. The number of likely N-dealkylation sites (tertiary alicyclic amines) is 1. The molecule has 1 aliphatic rings. The molecule has 6 nitrogen and oxygen atoms in total. The third kappa shape index (κ3) is 2.31. The van der Waals surface area contributed by atoms with Gasteiger partial charge in [0.05, 0.1) is 6.61 Å². The molecule has 2 heterocycles. The molecule has 1 aliphatic heterocycles. The lowest BCUT2D eigenvalue weighted by Crippen LogP contribution is -2.56. The Hall–Kier alpha value is -1.95. The van der Waals surface area contributed by atoms with Gasteiger partial charge in [-0.25, -0.2) is 4.79 Å². The van der Waals surface area contributed by atoms with Gasteiger partial charge in [-0.1, -0.05) is 0 Å². The number of methoxy groups -OCH3 is 1. The van der Waals surface area contributed by atoms with Gasteiger partial charge in [-0.2, -0.15) is 0 Å². The standard InChI is InChI=1S/C13H16N2O4/c1-19-9-13(12(17)18)5-2-8-15(13)11(16)10-3-6-14-7-4-10/h3-4,6-7H,2,5,8-9H2,1H3,(H,17,18). The van der Waals surface area contributed by atoms with Crippen LogP contribution < -0.4 is 0 Å². The first-order valence-corrected chi connectivity index (χ1v) is 6.06. The summed E-state index contributed by atoms with van der Waals surface area (Å²) in [5.41, 5.74) is -0.812. The third-order valence-corrected chi connectivity index (χ3v) is 3.44. The van der Waals surface area contributed by atoms with Crippen LogP contribution in [0.1, 0.15) is 23.2 Å². The van der Waals surface area contributed by atoms with Crippen molar-refractivity contribution in [2.45, 2.75) is 18.4 Å². The van der Waals surface area contributed by atoms with Crippen molar-refractivity contribution in [1.82, 2.24) is 9.88 Å². The summed E-state index contributed by atoms with van der Waals surface area (Å²) >= 11 is 0. The van der Waals surface area contributed by atoms with Crippen LogP contribution in [0.15, 0.2) is 24.5 Å². The van der Waals surface area contributed by atoms with Gasteiger partial charge in [-0.15, -0.1) is 0 Å². The zero-order valence-corrected chi connectivity index (χ0v) is 10.7. The van der Waals surface area contributed by atoms with E-state index in [-0.39, 0.29) is 12.5 Å².